The molecule has 1 aromatic heterocycles. The topological polar surface area (TPSA) is 43.4 Å². The molecule has 21 heavy (non-hydrogen) atoms. The lowest BCUT2D eigenvalue weighted by molar-refractivity contribution is -0.274. The summed E-state index contributed by atoms with van der Waals surface area (Å²) in [7, 11) is 3.21. The summed E-state index contributed by atoms with van der Waals surface area (Å²) < 4.78 is 45.5. The first kappa shape index (κ1) is 15.0. The molecule has 0 saturated carbocycles. The fourth-order valence-electron chi connectivity index (χ4n) is 1.91. The van der Waals surface area contributed by atoms with Gasteiger partial charge in [-0.05, 0) is 23.8 Å². The van der Waals surface area contributed by atoms with E-state index in [9.17, 15) is 13.2 Å². The minimum atomic E-state index is -4.70. The lowest BCUT2D eigenvalue weighted by atomic mass is 10.1. The van der Waals surface area contributed by atoms with Crippen LogP contribution in [0.3, 0.4) is 0 Å². The van der Waals surface area contributed by atoms with E-state index in [1.807, 2.05) is 0 Å². The number of alkyl halides is 3. The molecule has 1 aromatic carbocycles. The van der Waals surface area contributed by atoms with Crippen LogP contribution in [0.1, 0.15) is 0 Å². The van der Waals surface area contributed by atoms with Crippen molar-refractivity contribution in [3.63, 3.8) is 0 Å². The van der Waals surface area contributed by atoms with Crippen LogP contribution in [0.2, 0.25) is 0 Å². The summed E-state index contributed by atoms with van der Waals surface area (Å²) in [6.45, 7) is 0. The van der Waals surface area contributed by atoms with Crippen molar-refractivity contribution in [2.75, 3.05) is 19.5 Å². The second-order valence-corrected chi connectivity index (χ2v) is 4.06. The number of hydrogen-bond donors (Lipinski definition) is 1. The van der Waals surface area contributed by atoms with Gasteiger partial charge in [-0.1, -0.05) is 12.1 Å². The van der Waals surface area contributed by atoms with E-state index in [-0.39, 0.29) is 5.75 Å². The predicted molar refractivity (Wildman–Crippen MR) is 72.5 cm³/mol. The molecule has 2 aromatic rings. The Morgan fingerprint density at radius 3 is 2.29 bits per heavy atom. The lowest BCUT2D eigenvalue weighted by Gasteiger charge is -2.14. The molecular formula is C14H13F3N2O2. The van der Waals surface area contributed by atoms with Gasteiger partial charge in [-0.25, -0.2) is 4.98 Å². The van der Waals surface area contributed by atoms with Crippen LogP contribution < -0.4 is 14.8 Å². The van der Waals surface area contributed by atoms with E-state index in [0.29, 0.717) is 22.7 Å². The largest absolute Gasteiger partial charge is 0.573 e. The van der Waals surface area contributed by atoms with Crippen molar-refractivity contribution in [2.24, 2.45) is 0 Å². The van der Waals surface area contributed by atoms with Crippen molar-refractivity contribution in [2.45, 2.75) is 6.36 Å². The van der Waals surface area contributed by atoms with Gasteiger partial charge >= 0.3 is 6.36 Å². The van der Waals surface area contributed by atoms with E-state index in [4.69, 9.17) is 4.74 Å². The zero-order valence-corrected chi connectivity index (χ0v) is 11.4. The summed E-state index contributed by atoms with van der Waals surface area (Å²) in [5, 5.41) is 2.92. The van der Waals surface area contributed by atoms with Gasteiger partial charge < -0.3 is 14.8 Å². The van der Waals surface area contributed by atoms with Crippen molar-refractivity contribution in [3.05, 3.63) is 36.5 Å². The van der Waals surface area contributed by atoms with E-state index in [1.165, 1.54) is 31.4 Å². The molecule has 0 atom stereocenters. The number of nitrogens with one attached hydrogen (secondary N) is 1. The quantitative estimate of drug-likeness (QED) is 0.934. The highest BCUT2D eigenvalue weighted by Crippen LogP contribution is 2.36. The van der Waals surface area contributed by atoms with Crippen molar-refractivity contribution < 1.29 is 22.6 Å². The smallest absolute Gasteiger partial charge is 0.496 e. The first-order valence-electron chi connectivity index (χ1n) is 6.01. The number of hydrogen-bond acceptors (Lipinski definition) is 4. The summed E-state index contributed by atoms with van der Waals surface area (Å²) in [5.41, 5.74) is 1.33. The molecule has 2 rings (SSSR count). The molecule has 112 valence electrons. The van der Waals surface area contributed by atoms with Crippen LogP contribution in [-0.4, -0.2) is 25.5 Å². The number of nitrogens with zero attached hydrogens (tertiary/aromatic N) is 1. The van der Waals surface area contributed by atoms with Gasteiger partial charge in [0, 0.05) is 13.2 Å². The number of ether oxygens (including phenoxy) is 2. The summed E-state index contributed by atoms with van der Waals surface area (Å²) in [6, 6.07) is 7.20. The van der Waals surface area contributed by atoms with Crippen LogP contribution >= 0.6 is 0 Å². The molecule has 1 heterocycles. The third kappa shape index (κ3) is 3.56. The first-order valence-corrected chi connectivity index (χ1v) is 6.01. The van der Waals surface area contributed by atoms with Crippen molar-refractivity contribution in [1.29, 1.82) is 0 Å². The lowest BCUT2D eigenvalue weighted by Crippen LogP contribution is -2.16. The van der Waals surface area contributed by atoms with Gasteiger partial charge in [0.25, 0.3) is 0 Å². The van der Waals surface area contributed by atoms with Crippen molar-refractivity contribution in [3.8, 4) is 22.6 Å². The van der Waals surface area contributed by atoms with E-state index in [2.05, 4.69) is 15.0 Å². The second kappa shape index (κ2) is 5.90. The number of halogens is 3. The van der Waals surface area contributed by atoms with Crippen LogP contribution in [0.4, 0.5) is 19.0 Å². The zero-order chi connectivity index (χ0) is 15.5. The van der Waals surface area contributed by atoms with E-state index >= 15 is 0 Å². The number of methoxy groups -OCH3 is 1. The molecule has 0 fully saturated rings. The van der Waals surface area contributed by atoms with Gasteiger partial charge in [0.15, 0.2) is 0 Å². The first-order chi connectivity index (χ1) is 9.94. The third-order valence-electron chi connectivity index (χ3n) is 2.75. The standard InChI is InChI=1S/C14H13F3N2O2/c1-18-13-12(11(20-2)7-8-19-13)9-3-5-10(6-4-9)21-14(15,16)17/h3-8H,1-2H3,(H,18,19). The molecule has 0 aliphatic rings. The normalized spacial score (nSPS) is 11.1. The van der Waals surface area contributed by atoms with Crippen molar-refractivity contribution >= 4 is 5.82 Å². The van der Waals surface area contributed by atoms with E-state index < -0.39 is 6.36 Å². The second-order valence-electron chi connectivity index (χ2n) is 4.06. The average Bonchev–Trinajstić information content (AvgIpc) is 2.45. The maximum atomic E-state index is 12.1. The van der Waals surface area contributed by atoms with Crippen LogP contribution in [-0.2, 0) is 0 Å². The Labute approximate surface area is 119 Å². The van der Waals surface area contributed by atoms with E-state index in [1.54, 1.807) is 19.3 Å². The Hall–Kier alpha value is -2.44. The van der Waals surface area contributed by atoms with Crippen molar-refractivity contribution in [1.82, 2.24) is 4.98 Å². The molecule has 0 aliphatic heterocycles. The Balaban J connectivity index is 2.39. The summed E-state index contributed by atoms with van der Waals surface area (Å²) in [4.78, 5) is 4.16. The zero-order valence-electron chi connectivity index (χ0n) is 11.4. The maximum Gasteiger partial charge on any atom is 0.573 e. The average molecular weight is 298 g/mol. The number of anilines is 1. The highest BCUT2D eigenvalue weighted by Gasteiger charge is 2.31. The van der Waals surface area contributed by atoms with Crippen LogP contribution in [0, 0.1) is 0 Å². The van der Waals surface area contributed by atoms with E-state index in [0.717, 1.165) is 0 Å². The predicted octanol–water partition coefficient (Wildman–Crippen LogP) is 3.70. The minimum Gasteiger partial charge on any atom is -0.496 e. The molecule has 0 unspecified atom stereocenters. The number of pyridine rings is 1. The highest BCUT2D eigenvalue weighted by atomic mass is 19.4. The minimum absolute atomic E-state index is 0.278. The summed E-state index contributed by atoms with van der Waals surface area (Å²) in [6.07, 6.45) is -3.13. The highest BCUT2D eigenvalue weighted by molar-refractivity contribution is 5.81. The Morgan fingerprint density at radius 1 is 1.10 bits per heavy atom. The van der Waals surface area contributed by atoms with Gasteiger partial charge in [0.1, 0.15) is 17.3 Å². The van der Waals surface area contributed by atoms with Gasteiger partial charge in [-0.3, -0.25) is 0 Å². The summed E-state index contributed by atoms with van der Waals surface area (Å²) in [5.74, 6) is 0.859. The van der Waals surface area contributed by atoms with Gasteiger partial charge in [0.05, 0.1) is 12.7 Å². The molecule has 0 aliphatic carbocycles. The third-order valence-corrected chi connectivity index (χ3v) is 2.75. The maximum absolute atomic E-state index is 12.1. The summed E-state index contributed by atoms with van der Waals surface area (Å²) >= 11 is 0. The number of aromatic nitrogens is 1. The molecule has 0 saturated heterocycles. The number of rotatable bonds is 4. The molecule has 7 heteroatoms. The molecule has 0 amide bonds. The molecule has 0 bridgehead atoms. The van der Waals surface area contributed by atoms with Crippen LogP contribution in [0.5, 0.6) is 11.5 Å². The fourth-order valence-corrected chi connectivity index (χ4v) is 1.91. The van der Waals surface area contributed by atoms with Crippen LogP contribution in [0.15, 0.2) is 36.5 Å². The Bertz CT molecular complexity index is 590. The molecule has 0 radical (unpaired) electrons. The monoisotopic (exact) mass is 298 g/mol. The van der Waals surface area contributed by atoms with Gasteiger partial charge in [0.2, 0.25) is 0 Å². The molecule has 4 nitrogen and oxygen atoms in total. The fraction of sp³-hybridized carbons (Fsp3) is 0.214. The Kier molecular flexibility index (Phi) is 4.21. The van der Waals surface area contributed by atoms with Gasteiger partial charge in [-0.15, -0.1) is 13.2 Å². The van der Waals surface area contributed by atoms with Gasteiger partial charge in [-0.2, -0.15) is 0 Å². The molecule has 1 N–H and O–H groups in total. The number of benzene rings is 1. The molecular weight excluding hydrogens is 285 g/mol. The Morgan fingerprint density at radius 2 is 1.76 bits per heavy atom. The SMILES string of the molecule is CNc1nccc(OC)c1-c1ccc(OC(F)(F)F)cc1. The molecule has 0 spiro atoms. The van der Waals surface area contributed by atoms with Crippen LogP contribution in [0.25, 0.3) is 11.1 Å².